The van der Waals surface area contributed by atoms with Gasteiger partial charge in [0.15, 0.2) is 0 Å². The SMILES string of the molecule is CC(O)c1c(N)ccc(C(C(Cc2ccccc2)(c2ccccc2)C(F)(F)F)S(N)(=O)=O)c1O. The second-order valence-corrected chi connectivity index (χ2v) is 9.80. The van der Waals surface area contributed by atoms with Gasteiger partial charge >= 0.3 is 6.18 Å². The number of nitrogen functional groups attached to an aromatic ring is 1. The molecule has 3 unspecified atom stereocenters. The van der Waals surface area contributed by atoms with Crippen molar-refractivity contribution in [2.24, 2.45) is 5.14 Å². The van der Waals surface area contributed by atoms with Gasteiger partial charge in [0.2, 0.25) is 10.0 Å². The third kappa shape index (κ3) is 4.61. The first kappa shape index (κ1) is 25.5. The fourth-order valence-corrected chi connectivity index (χ4v) is 5.88. The first-order chi connectivity index (χ1) is 15.8. The van der Waals surface area contributed by atoms with Crippen molar-refractivity contribution in [3.63, 3.8) is 0 Å². The molecule has 182 valence electrons. The Labute approximate surface area is 195 Å². The minimum Gasteiger partial charge on any atom is -0.507 e. The lowest BCUT2D eigenvalue weighted by molar-refractivity contribution is -0.192. The Hall–Kier alpha value is -3.08. The van der Waals surface area contributed by atoms with E-state index in [-0.39, 0.29) is 22.4 Å². The number of primary sulfonamides is 1. The average Bonchev–Trinajstić information content (AvgIpc) is 2.74. The van der Waals surface area contributed by atoms with Gasteiger partial charge in [-0.2, -0.15) is 13.2 Å². The number of aliphatic hydroxyl groups is 1. The van der Waals surface area contributed by atoms with Crippen LogP contribution < -0.4 is 10.9 Å². The van der Waals surface area contributed by atoms with E-state index in [9.17, 15) is 18.6 Å². The molecule has 0 spiro atoms. The minimum atomic E-state index is -5.14. The number of rotatable bonds is 7. The van der Waals surface area contributed by atoms with Gasteiger partial charge in [0.25, 0.3) is 0 Å². The standard InChI is InChI=1S/C24H25F3N2O4S/c1-15(30)20-19(28)13-12-18(21(20)31)22(34(29,32)33)23(24(25,26)27,17-10-6-3-7-11-17)14-16-8-4-2-5-9-16/h2-13,15,22,30-31H,14,28H2,1H3,(H2,29,32,33). The van der Waals surface area contributed by atoms with Crippen LogP contribution in [-0.2, 0) is 21.9 Å². The van der Waals surface area contributed by atoms with Crippen LogP contribution in [0.1, 0.15) is 40.5 Å². The Morgan fingerprint density at radius 3 is 1.94 bits per heavy atom. The molecule has 34 heavy (non-hydrogen) atoms. The maximum atomic E-state index is 15.2. The van der Waals surface area contributed by atoms with E-state index in [1.807, 2.05) is 0 Å². The molecule has 0 amide bonds. The van der Waals surface area contributed by atoms with Crippen molar-refractivity contribution >= 4 is 15.7 Å². The lowest BCUT2D eigenvalue weighted by Gasteiger charge is -2.42. The van der Waals surface area contributed by atoms with Crippen molar-refractivity contribution in [2.75, 3.05) is 5.73 Å². The molecule has 0 aliphatic heterocycles. The van der Waals surface area contributed by atoms with Crippen molar-refractivity contribution < 1.29 is 31.8 Å². The summed E-state index contributed by atoms with van der Waals surface area (Å²) in [4.78, 5) is 0. The Morgan fingerprint density at radius 1 is 0.941 bits per heavy atom. The Kier molecular flexibility index (Phi) is 6.97. The number of aromatic hydroxyl groups is 1. The fraction of sp³-hybridized carbons (Fsp3) is 0.250. The summed E-state index contributed by atoms with van der Waals surface area (Å²) < 4.78 is 71.6. The molecule has 0 aliphatic rings. The van der Waals surface area contributed by atoms with Crippen LogP contribution >= 0.6 is 0 Å². The van der Waals surface area contributed by atoms with Crippen LogP contribution in [0.25, 0.3) is 0 Å². The van der Waals surface area contributed by atoms with Crippen LogP contribution in [-0.4, -0.2) is 24.8 Å². The lowest BCUT2D eigenvalue weighted by atomic mass is 9.70. The molecule has 3 aromatic carbocycles. The van der Waals surface area contributed by atoms with Gasteiger partial charge in [0, 0.05) is 16.8 Å². The zero-order valence-electron chi connectivity index (χ0n) is 18.2. The molecule has 0 bridgehead atoms. The second kappa shape index (κ2) is 9.28. The number of phenols is 1. The molecule has 3 rings (SSSR count). The summed E-state index contributed by atoms with van der Waals surface area (Å²) in [6.07, 6.45) is -7.30. The van der Waals surface area contributed by atoms with E-state index in [0.29, 0.717) is 0 Å². The van der Waals surface area contributed by atoms with Crippen LogP contribution in [0.4, 0.5) is 18.9 Å². The Morgan fingerprint density at radius 2 is 1.47 bits per heavy atom. The van der Waals surface area contributed by atoms with Gasteiger partial charge in [-0.1, -0.05) is 66.7 Å². The molecule has 3 aromatic rings. The molecule has 0 aliphatic carbocycles. The summed E-state index contributed by atoms with van der Waals surface area (Å²) in [6, 6.07) is 16.3. The van der Waals surface area contributed by atoms with E-state index in [1.54, 1.807) is 18.2 Å². The monoisotopic (exact) mass is 494 g/mol. The molecule has 0 fully saturated rings. The van der Waals surface area contributed by atoms with Gasteiger partial charge < -0.3 is 15.9 Å². The number of aliphatic hydroxyl groups excluding tert-OH is 1. The number of hydrogen-bond acceptors (Lipinski definition) is 5. The van der Waals surface area contributed by atoms with Crippen molar-refractivity contribution in [1.29, 1.82) is 0 Å². The van der Waals surface area contributed by atoms with Gasteiger partial charge in [-0.3, -0.25) is 0 Å². The molecule has 10 heteroatoms. The van der Waals surface area contributed by atoms with Crippen LogP contribution in [0.2, 0.25) is 0 Å². The number of benzene rings is 3. The third-order valence-electron chi connectivity index (χ3n) is 5.88. The van der Waals surface area contributed by atoms with Gasteiger partial charge in [-0.25, -0.2) is 13.6 Å². The zero-order valence-corrected chi connectivity index (χ0v) is 19.0. The van der Waals surface area contributed by atoms with E-state index >= 15 is 13.2 Å². The molecular weight excluding hydrogens is 469 g/mol. The van der Waals surface area contributed by atoms with E-state index in [0.717, 1.165) is 12.1 Å². The van der Waals surface area contributed by atoms with Crippen LogP contribution in [0, 0.1) is 0 Å². The normalized spacial score (nSPS) is 15.9. The number of anilines is 1. The van der Waals surface area contributed by atoms with E-state index in [4.69, 9.17) is 10.9 Å². The Balaban J connectivity index is 2.48. The molecule has 6 N–H and O–H groups in total. The van der Waals surface area contributed by atoms with Crippen molar-refractivity contribution in [2.45, 2.75) is 36.3 Å². The van der Waals surface area contributed by atoms with E-state index < -0.39 is 50.7 Å². The maximum absolute atomic E-state index is 15.2. The van der Waals surface area contributed by atoms with Crippen molar-refractivity contribution in [1.82, 2.24) is 0 Å². The van der Waals surface area contributed by atoms with Crippen molar-refractivity contribution in [3.05, 3.63) is 95.1 Å². The average molecular weight is 495 g/mol. The summed E-state index contributed by atoms with van der Waals surface area (Å²) >= 11 is 0. The minimum absolute atomic E-state index is 0.107. The summed E-state index contributed by atoms with van der Waals surface area (Å²) in [5.41, 5.74) is 1.58. The topological polar surface area (TPSA) is 127 Å². The number of sulfonamides is 1. The van der Waals surface area contributed by atoms with Gasteiger partial charge in [-0.05, 0) is 30.5 Å². The number of phenolic OH excluding ortho intramolecular Hbond substituents is 1. The first-order valence-corrected chi connectivity index (χ1v) is 11.9. The summed E-state index contributed by atoms with van der Waals surface area (Å²) in [7, 11) is -5.01. The van der Waals surface area contributed by atoms with Gasteiger partial charge in [0.1, 0.15) is 16.4 Å². The zero-order chi connectivity index (χ0) is 25.3. The van der Waals surface area contributed by atoms with E-state index in [2.05, 4.69) is 0 Å². The molecule has 0 radical (unpaired) electrons. The molecule has 0 heterocycles. The van der Waals surface area contributed by atoms with Gasteiger partial charge in [0.05, 0.1) is 6.10 Å². The highest BCUT2D eigenvalue weighted by atomic mass is 32.2. The largest absolute Gasteiger partial charge is 0.507 e. The summed E-state index contributed by atoms with van der Waals surface area (Å²) in [5.74, 6) is -0.855. The molecule has 3 atom stereocenters. The van der Waals surface area contributed by atoms with Crippen LogP contribution in [0.15, 0.2) is 72.8 Å². The van der Waals surface area contributed by atoms with Gasteiger partial charge in [-0.15, -0.1) is 0 Å². The first-order valence-electron chi connectivity index (χ1n) is 10.3. The number of alkyl halides is 3. The third-order valence-corrected chi connectivity index (χ3v) is 7.19. The maximum Gasteiger partial charge on any atom is 0.400 e. The van der Waals surface area contributed by atoms with Crippen LogP contribution in [0.5, 0.6) is 5.75 Å². The van der Waals surface area contributed by atoms with E-state index in [1.165, 1.54) is 49.4 Å². The fourth-order valence-electron chi connectivity index (χ4n) is 4.43. The predicted octanol–water partition coefficient (Wildman–Crippen LogP) is 4.10. The summed E-state index contributed by atoms with van der Waals surface area (Å²) in [6.45, 7) is 1.25. The van der Waals surface area contributed by atoms with Crippen LogP contribution in [0.3, 0.4) is 0 Å². The highest BCUT2D eigenvalue weighted by Crippen LogP contribution is 2.56. The summed E-state index contributed by atoms with van der Waals surface area (Å²) in [5, 5.41) is 24.0. The lowest BCUT2D eigenvalue weighted by Crippen LogP contribution is -2.53. The second-order valence-electron chi connectivity index (χ2n) is 8.15. The molecule has 0 aromatic heterocycles. The highest BCUT2D eigenvalue weighted by molar-refractivity contribution is 7.89. The molecule has 0 saturated carbocycles. The number of halogens is 3. The number of nitrogens with two attached hydrogens (primary N) is 2. The predicted molar refractivity (Wildman–Crippen MR) is 123 cm³/mol. The molecule has 0 saturated heterocycles. The van der Waals surface area contributed by atoms with Crippen molar-refractivity contribution in [3.8, 4) is 5.75 Å². The Bertz CT molecular complexity index is 1250. The highest BCUT2D eigenvalue weighted by Gasteiger charge is 2.64. The quantitative estimate of drug-likeness (QED) is 0.368. The molecule has 6 nitrogen and oxygen atoms in total. The number of hydrogen-bond donors (Lipinski definition) is 4. The molecular formula is C24H25F3N2O4S. The smallest absolute Gasteiger partial charge is 0.400 e.